The number of hydrogen-bond acceptors (Lipinski definition) is 13. The van der Waals surface area contributed by atoms with E-state index in [1.54, 1.807) is 6.92 Å². The highest BCUT2D eigenvalue weighted by Gasteiger charge is 2.51. The Labute approximate surface area is 253 Å². The standard InChI is InChI=1S/C30H33NO12S/c1-13-29(43-44(4,38)39)17(31-8-9-31)10-20(41-13)42-19-12-30(37,14(2)32)11-16-22(19)28(36)24-23(26(16)34)25(33)15-6-5-7-18(40-3)21(15)27(24)35/h5-7,13,17,19-20,29,34,36-37H,8-12H2,1-4H3/t13-,17-,19-,20-,29+,30-/m0/s1. The third-order valence-corrected chi connectivity index (χ3v) is 9.50. The number of rotatable bonds is 7. The first kappa shape index (κ1) is 30.6. The number of carbonyl (C=O) groups is 3. The highest BCUT2D eigenvalue weighted by molar-refractivity contribution is 7.86. The average Bonchev–Trinajstić information content (AvgIpc) is 3.79. The van der Waals surface area contributed by atoms with Gasteiger partial charge in [0.25, 0.3) is 10.1 Å². The van der Waals surface area contributed by atoms with E-state index in [4.69, 9.17) is 18.4 Å². The molecule has 0 spiro atoms. The first-order chi connectivity index (χ1) is 20.6. The van der Waals surface area contributed by atoms with Crippen LogP contribution in [0.25, 0.3) is 0 Å². The van der Waals surface area contributed by atoms with Crippen LogP contribution in [0.15, 0.2) is 18.2 Å². The van der Waals surface area contributed by atoms with Crippen molar-refractivity contribution in [2.75, 3.05) is 26.5 Å². The van der Waals surface area contributed by atoms with Gasteiger partial charge in [0.15, 0.2) is 17.9 Å². The molecule has 2 fully saturated rings. The quantitative estimate of drug-likeness (QED) is 0.193. The largest absolute Gasteiger partial charge is 0.507 e. The Bertz CT molecular complexity index is 1700. The Balaban J connectivity index is 1.44. The average molecular weight is 632 g/mol. The third-order valence-electron chi connectivity index (χ3n) is 8.93. The lowest BCUT2D eigenvalue weighted by Crippen LogP contribution is -2.53. The minimum Gasteiger partial charge on any atom is -0.507 e. The molecule has 0 aromatic heterocycles. The molecule has 2 heterocycles. The van der Waals surface area contributed by atoms with Crippen molar-refractivity contribution in [3.63, 3.8) is 0 Å². The number of aliphatic hydroxyl groups is 1. The number of ketones is 3. The van der Waals surface area contributed by atoms with Crippen molar-refractivity contribution in [2.45, 2.75) is 69.4 Å². The predicted molar refractivity (Wildman–Crippen MR) is 151 cm³/mol. The maximum absolute atomic E-state index is 13.8. The van der Waals surface area contributed by atoms with Gasteiger partial charge in [-0.25, -0.2) is 0 Å². The van der Waals surface area contributed by atoms with E-state index in [0.29, 0.717) is 13.1 Å². The molecule has 236 valence electrons. The van der Waals surface area contributed by atoms with Crippen LogP contribution < -0.4 is 4.74 Å². The zero-order valence-electron chi connectivity index (χ0n) is 24.5. The molecule has 6 rings (SSSR count). The van der Waals surface area contributed by atoms with Gasteiger partial charge in [-0.2, -0.15) is 8.42 Å². The second-order valence-electron chi connectivity index (χ2n) is 11.8. The first-order valence-corrected chi connectivity index (χ1v) is 16.0. The summed E-state index contributed by atoms with van der Waals surface area (Å²) in [5, 5.41) is 34.5. The number of fused-ring (bicyclic) bond motifs is 3. The summed E-state index contributed by atoms with van der Waals surface area (Å²) in [5.74, 6) is -3.28. The molecule has 2 saturated heterocycles. The minimum atomic E-state index is -3.81. The summed E-state index contributed by atoms with van der Waals surface area (Å²) in [5.41, 5.74) is -3.18. The summed E-state index contributed by atoms with van der Waals surface area (Å²) in [6, 6.07) is 4.02. The molecule has 0 saturated carbocycles. The highest BCUT2D eigenvalue weighted by atomic mass is 32.2. The van der Waals surface area contributed by atoms with E-state index in [1.807, 2.05) is 4.90 Å². The minimum absolute atomic E-state index is 0.0292. The van der Waals surface area contributed by atoms with Crippen molar-refractivity contribution in [3.05, 3.63) is 51.6 Å². The Morgan fingerprint density at radius 2 is 1.77 bits per heavy atom. The van der Waals surface area contributed by atoms with E-state index >= 15 is 0 Å². The second kappa shape index (κ2) is 10.6. The van der Waals surface area contributed by atoms with Gasteiger partial charge in [0.2, 0.25) is 5.78 Å². The smallest absolute Gasteiger partial charge is 0.264 e. The molecule has 2 aliphatic carbocycles. The molecule has 44 heavy (non-hydrogen) atoms. The van der Waals surface area contributed by atoms with Gasteiger partial charge in [-0.3, -0.25) is 23.5 Å². The van der Waals surface area contributed by atoms with Crippen molar-refractivity contribution in [2.24, 2.45) is 0 Å². The molecule has 2 aliphatic heterocycles. The lowest BCUT2D eigenvalue weighted by atomic mass is 9.72. The molecule has 14 heteroatoms. The van der Waals surface area contributed by atoms with Crippen LogP contribution in [0.4, 0.5) is 0 Å². The number of Topliss-reactive ketones (excluding diaryl/α,β-unsaturated/α-hetero) is 1. The maximum atomic E-state index is 13.8. The Morgan fingerprint density at radius 3 is 2.39 bits per heavy atom. The summed E-state index contributed by atoms with van der Waals surface area (Å²) in [6.45, 7) is 4.24. The van der Waals surface area contributed by atoms with Crippen LogP contribution >= 0.6 is 0 Å². The Hall–Kier alpha value is -3.40. The van der Waals surface area contributed by atoms with E-state index in [0.717, 1.165) is 6.26 Å². The fourth-order valence-corrected chi connectivity index (χ4v) is 7.37. The molecular formula is C30H33NO12S. The molecule has 0 unspecified atom stereocenters. The van der Waals surface area contributed by atoms with Crippen LogP contribution in [0.2, 0.25) is 0 Å². The second-order valence-corrected chi connectivity index (χ2v) is 13.4. The molecule has 6 atom stereocenters. The van der Waals surface area contributed by atoms with Crippen LogP contribution in [0.5, 0.6) is 17.2 Å². The Kier molecular flexibility index (Phi) is 7.38. The maximum Gasteiger partial charge on any atom is 0.264 e. The molecule has 4 aliphatic rings. The number of phenolic OH excluding ortho intramolecular Hbond substituents is 2. The summed E-state index contributed by atoms with van der Waals surface area (Å²) in [4.78, 5) is 42.1. The molecule has 0 bridgehead atoms. The SMILES string of the molecule is COc1cccc2c1C(=O)c1c(O)c3c(c(O)c1C2=O)C[C@@](O)(C(C)=O)C[C@@H]3O[C@H]1C[C@H](N2CC2)[C@H](OS(C)(=O)=O)[C@H](C)O1. The first-order valence-electron chi connectivity index (χ1n) is 14.2. The third kappa shape index (κ3) is 4.99. The van der Waals surface area contributed by atoms with E-state index in [1.165, 1.54) is 32.2 Å². The summed E-state index contributed by atoms with van der Waals surface area (Å²) in [6.07, 6.45) is -3.55. The van der Waals surface area contributed by atoms with Gasteiger partial charge >= 0.3 is 0 Å². The Morgan fingerprint density at radius 1 is 1.09 bits per heavy atom. The zero-order chi connectivity index (χ0) is 31.9. The topological polar surface area (TPSA) is 186 Å². The van der Waals surface area contributed by atoms with Crippen molar-refractivity contribution in [1.82, 2.24) is 4.90 Å². The van der Waals surface area contributed by atoms with Crippen LogP contribution in [-0.4, -0.2) is 103 Å². The van der Waals surface area contributed by atoms with Gasteiger partial charge in [-0.05, 0) is 19.9 Å². The molecule has 3 N–H and O–H groups in total. The highest BCUT2D eigenvalue weighted by Crippen LogP contribution is 2.52. The number of hydrogen-bond donors (Lipinski definition) is 3. The van der Waals surface area contributed by atoms with E-state index in [-0.39, 0.29) is 40.8 Å². The number of ether oxygens (including phenoxy) is 3. The van der Waals surface area contributed by atoms with Gasteiger partial charge in [0, 0.05) is 55.1 Å². The normalized spacial score (nSPS) is 29.9. The molecule has 0 amide bonds. The van der Waals surface area contributed by atoms with Gasteiger partial charge in [-0.15, -0.1) is 0 Å². The summed E-state index contributed by atoms with van der Waals surface area (Å²) in [7, 11) is -2.47. The number of aromatic hydroxyl groups is 2. The van der Waals surface area contributed by atoms with E-state index in [9.17, 15) is 38.1 Å². The predicted octanol–water partition coefficient (Wildman–Crippen LogP) is 1.37. The summed E-state index contributed by atoms with van der Waals surface area (Å²) < 4.78 is 46.9. The monoisotopic (exact) mass is 631 g/mol. The van der Waals surface area contributed by atoms with Crippen LogP contribution in [-0.2, 0) is 35.0 Å². The number of methoxy groups -OCH3 is 1. The van der Waals surface area contributed by atoms with Gasteiger partial charge in [0.1, 0.15) is 29.0 Å². The van der Waals surface area contributed by atoms with E-state index in [2.05, 4.69) is 0 Å². The van der Waals surface area contributed by atoms with Crippen LogP contribution in [0.3, 0.4) is 0 Å². The lowest BCUT2D eigenvalue weighted by molar-refractivity contribution is -0.250. The molecule has 2 aromatic carbocycles. The van der Waals surface area contributed by atoms with Gasteiger partial charge < -0.3 is 29.5 Å². The van der Waals surface area contributed by atoms with Crippen LogP contribution in [0, 0.1) is 0 Å². The van der Waals surface area contributed by atoms with Crippen molar-refractivity contribution < 1.29 is 56.5 Å². The number of nitrogens with zero attached hydrogens (tertiary/aromatic N) is 1. The van der Waals surface area contributed by atoms with Gasteiger partial charge in [-0.1, -0.05) is 12.1 Å². The zero-order valence-corrected chi connectivity index (χ0v) is 25.3. The van der Waals surface area contributed by atoms with Crippen molar-refractivity contribution in [1.29, 1.82) is 0 Å². The number of carbonyl (C=O) groups excluding carboxylic acids is 3. The van der Waals surface area contributed by atoms with Crippen molar-refractivity contribution in [3.8, 4) is 17.2 Å². The summed E-state index contributed by atoms with van der Waals surface area (Å²) >= 11 is 0. The molecular weight excluding hydrogens is 598 g/mol. The molecule has 13 nitrogen and oxygen atoms in total. The lowest BCUT2D eigenvalue weighted by Gasteiger charge is -2.43. The van der Waals surface area contributed by atoms with Crippen molar-refractivity contribution >= 4 is 27.5 Å². The molecule has 0 radical (unpaired) electrons. The fourth-order valence-electron chi connectivity index (χ4n) is 6.68. The molecule has 2 aromatic rings. The van der Waals surface area contributed by atoms with Crippen LogP contribution in [0.1, 0.15) is 75.8 Å². The number of phenols is 2. The van der Waals surface area contributed by atoms with E-state index < -0.39 is 92.8 Å². The fraction of sp³-hybridized carbons (Fsp3) is 0.500. The number of benzene rings is 2. The van der Waals surface area contributed by atoms with Gasteiger partial charge in [0.05, 0.1) is 42.3 Å².